The zero-order chi connectivity index (χ0) is 21.6. The van der Waals surface area contributed by atoms with Gasteiger partial charge in [0.2, 0.25) is 6.54 Å². The van der Waals surface area contributed by atoms with Crippen LogP contribution >= 0.6 is 11.3 Å². The number of carbonyl (C=O) groups is 1. The standard InChI is InChI=1S/C20H18N2O6S2/c23-20(15-6-2-1-3-7-15)16-9-10-18(28-12-5-11-22(24)25)17(14-16)21-30(26,27)19-8-4-13-29-19/h1-4,6-10,13-14,21H,5,11-12H2. The average Bonchev–Trinajstić information content (AvgIpc) is 3.28. The van der Waals surface area contributed by atoms with Gasteiger partial charge in [-0.3, -0.25) is 19.6 Å². The molecule has 0 spiro atoms. The van der Waals surface area contributed by atoms with Gasteiger partial charge < -0.3 is 4.74 Å². The quantitative estimate of drug-likeness (QED) is 0.219. The zero-order valence-corrected chi connectivity index (χ0v) is 17.3. The maximum Gasteiger partial charge on any atom is 0.271 e. The molecule has 156 valence electrons. The summed E-state index contributed by atoms with van der Waals surface area (Å²) in [6, 6.07) is 16.1. The van der Waals surface area contributed by atoms with Crippen molar-refractivity contribution in [2.24, 2.45) is 0 Å². The molecule has 0 saturated heterocycles. The summed E-state index contributed by atoms with van der Waals surface area (Å²) in [6.45, 7) is -0.235. The molecule has 8 nitrogen and oxygen atoms in total. The van der Waals surface area contributed by atoms with Crippen molar-refractivity contribution in [1.82, 2.24) is 0 Å². The number of nitrogens with one attached hydrogen (secondary N) is 1. The third-order valence-corrected chi connectivity index (χ3v) is 6.79. The molecule has 0 aliphatic rings. The number of benzene rings is 2. The van der Waals surface area contributed by atoms with E-state index < -0.39 is 14.9 Å². The molecule has 3 aromatic rings. The normalized spacial score (nSPS) is 11.1. The van der Waals surface area contributed by atoms with E-state index in [4.69, 9.17) is 4.74 Å². The van der Waals surface area contributed by atoms with E-state index in [0.29, 0.717) is 5.56 Å². The van der Waals surface area contributed by atoms with Crippen LogP contribution in [0.25, 0.3) is 0 Å². The Morgan fingerprint density at radius 1 is 1.07 bits per heavy atom. The minimum Gasteiger partial charge on any atom is -0.491 e. The van der Waals surface area contributed by atoms with Crippen LogP contribution in [-0.2, 0) is 10.0 Å². The molecule has 0 unspecified atom stereocenters. The molecule has 0 radical (unpaired) electrons. The second kappa shape index (κ2) is 9.51. The number of thiophene rings is 1. The Balaban J connectivity index is 1.90. The fourth-order valence-corrected chi connectivity index (χ4v) is 4.67. The Morgan fingerprint density at radius 2 is 1.83 bits per heavy atom. The maximum atomic E-state index is 12.7. The monoisotopic (exact) mass is 446 g/mol. The van der Waals surface area contributed by atoms with Crippen molar-refractivity contribution in [2.75, 3.05) is 17.9 Å². The van der Waals surface area contributed by atoms with Gasteiger partial charge >= 0.3 is 0 Å². The van der Waals surface area contributed by atoms with Crippen LogP contribution in [0.2, 0.25) is 0 Å². The first-order chi connectivity index (χ1) is 14.4. The molecule has 3 rings (SSSR count). The fourth-order valence-electron chi connectivity index (χ4n) is 2.62. The number of nitrogens with zero attached hydrogens (tertiary/aromatic N) is 1. The predicted molar refractivity (Wildman–Crippen MR) is 113 cm³/mol. The number of ketones is 1. The van der Waals surface area contributed by atoms with Gasteiger partial charge in [0.1, 0.15) is 9.96 Å². The van der Waals surface area contributed by atoms with E-state index in [0.717, 1.165) is 11.3 Å². The lowest BCUT2D eigenvalue weighted by Gasteiger charge is -2.14. The summed E-state index contributed by atoms with van der Waals surface area (Å²) in [4.78, 5) is 22.8. The van der Waals surface area contributed by atoms with E-state index in [-0.39, 0.29) is 46.6 Å². The second-order valence-electron chi connectivity index (χ2n) is 6.20. The Kier molecular flexibility index (Phi) is 6.80. The molecule has 30 heavy (non-hydrogen) atoms. The summed E-state index contributed by atoms with van der Waals surface area (Å²) >= 11 is 1.05. The van der Waals surface area contributed by atoms with Crippen molar-refractivity contribution in [3.05, 3.63) is 87.3 Å². The molecule has 1 heterocycles. The van der Waals surface area contributed by atoms with Gasteiger partial charge in [-0.1, -0.05) is 36.4 Å². The average molecular weight is 447 g/mol. The van der Waals surface area contributed by atoms with Crippen LogP contribution in [0.3, 0.4) is 0 Å². The number of ether oxygens (including phenoxy) is 1. The van der Waals surface area contributed by atoms with E-state index in [9.17, 15) is 23.3 Å². The summed E-state index contributed by atoms with van der Waals surface area (Å²) in [5.41, 5.74) is 0.832. The molecular formula is C20H18N2O6S2. The van der Waals surface area contributed by atoms with Crippen molar-refractivity contribution in [3.63, 3.8) is 0 Å². The molecule has 0 bridgehead atoms. The van der Waals surface area contributed by atoms with Crippen LogP contribution in [0.1, 0.15) is 22.3 Å². The van der Waals surface area contributed by atoms with E-state index in [1.165, 1.54) is 24.3 Å². The highest BCUT2D eigenvalue weighted by Crippen LogP contribution is 2.30. The summed E-state index contributed by atoms with van der Waals surface area (Å²) in [7, 11) is -3.87. The Bertz CT molecular complexity index is 1130. The number of carbonyl (C=O) groups excluding carboxylic acids is 1. The molecular weight excluding hydrogens is 428 g/mol. The van der Waals surface area contributed by atoms with Gasteiger partial charge in [0.05, 0.1) is 12.3 Å². The molecule has 0 aliphatic heterocycles. The number of hydrogen-bond donors (Lipinski definition) is 1. The summed E-state index contributed by atoms with van der Waals surface area (Å²) in [5, 5.41) is 12.1. The first-order valence-corrected chi connectivity index (χ1v) is 11.3. The minimum absolute atomic E-state index is 0.0285. The summed E-state index contributed by atoms with van der Waals surface area (Å²) in [6.07, 6.45) is 0.162. The smallest absolute Gasteiger partial charge is 0.271 e. The van der Waals surface area contributed by atoms with Gasteiger partial charge in [-0.15, -0.1) is 11.3 Å². The molecule has 0 saturated carbocycles. The third-order valence-electron chi connectivity index (χ3n) is 4.02. The van der Waals surface area contributed by atoms with Crippen LogP contribution in [0.15, 0.2) is 70.3 Å². The maximum absolute atomic E-state index is 12.7. The van der Waals surface area contributed by atoms with Crippen molar-refractivity contribution in [2.45, 2.75) is 10.6 Å². The highest BCUT2D eigenvalue weighted by Gasteiger charge is 2.20. The van der Waals surface area contributed by atoms with Gasteiger partial charge in [0.25, 0.3) is 10.0 Å². The predicted octanol–water partition coefficient (Wildman–Crippen LogP) is 3.83. The van der Waals surface area contributed by atoms with Crippen molar-refractivity contribution < 1.29 is 22.9 Å². The lowest BCUT2D eigenvalue weighted by Crippen LogP contribution is -2.14. The van der Waals surface area contributed by atoms with E-state index in [1.807, 2.05) is 0 Å². The lowest BCUT2D eigenvalue weighted by atomic mass is 10.0. The third kappa shape index (κ3) is 5.43. The van der Waals surface area contributed by atoms with E-state index in [2.05, 4.69) is 4.72 Å². The Morgan fingerprint density at radius 3 is 2.50 bits per heavy atom. The largest absolute Gasteiger partial charge is 0.491 e. The zero-order valence-electron chi connectivity index (χ0n) is 15.7. The van der Waals surface area contributed by atoms with Gasteiger partial charge in [-0.2, -0.15) is 0 Å². The molecule has 2 aromatic carbocycles. The number of anilines is 1. The van der Waals surface area contributed by atoms with Gasteiger partial charge in [-0.05, 0) is 29.6 Å². The topological polar surface area (TPSA) is 116 Å². The number of rotatable bonds is 10. The molecule has 10 heteroatoms. The highest BCUT2D eigenvalue weighted by atomic mass is 32.2. The Hall–Kier alpha value is -3.24. The molecule has 0 atom stereocenters. The summed E-state index contributed by atoms with van der Waals surface area (Å²) < 4.78 is 33.4. The second-order valence-corrected chi connectivity index (χ2v) is 9.06. The van der Waals surface area contributed by atoms with Gasteiger partial charge in [-0.25, -0.2) is 8.42 Å². The number of hydrogen-bond acceptors (Lipinski definition) is 7. The molecule has 0 aliphatic carbocycles. The SMILES string of the molecule is O=C(c1ccccc1)c1ccc(OCCC[N+](=O)[O-])c(NS(=O)(=O)c2cccs2)c1. The molecule has 1 N–H and O–H groups in total. The van der Waals surface area contributed by atoms with E-state index >= 15 is 0 Å². The fraction of sp³-hybridized carbons (Fsp3) is 0.150. The van der Waals surface area contributed by atoms with Crippen LogP contribution in [0, 0.1) is 10.1 Å². The number of sulfonamides is 1. The Labute approximate surface area is 177 Å². The highest BCUT2D eigenvalue weighted by molar-refractivity contribution is 7.94. The van der Waals surface area contributed by atoms with Crippen LogP contribution in [-0.4, -0.2) is 32.3 Å². The summed E-state index contributed by atoms with van der Waals surface area (Å²) in [5.74, 6) is -0.0878. The first kappa shape index (κ1) is 21.5. The first-order valence-electron chi connectivity index (χ1n) is 8.91. The van der Waals surface area contributed by atoms with Crippen LogP contribution in [0.5, 0.6) is 5.75 Å². The molecule has 0 fully saturated rings. The molecule has 1 aromatic heterocycles. The van der Waals surface area contributed by atoms with Crippen molar-refractivity contribution in [1.29, 1.82) is 0 Å². The lowest BCUT2D eigenvalue weighted by molar-refractivity contribution is -0.480. The minimum atomic E-state index is -3.87. The van der Waals surface area contributed by atoms with Gasteiger partial charge in [0.15, 0.2) is 5.78 Å². The van der Waals surface area contributed by atoms with Crippen LogP contribution in [0.4, 0.5) is 5.69 Å². The van der Waals surface area contributed by atoms with Crippen molar-refractivity contribution >= 4 is 32.8 Å². The van der Waals surface area contributed by atoms with Crippen molar-refractivity contribution in [3.8, 4) is 5.75 Å². The van der Waals surface area contributed by atoms with Crippen LogP contribution < -0.4 is 9.46 Å². The molecule has 0 amide bonds. The van der Waals surface area contributed by atoms with E-state index in [1.54, 1.807) is 41.8 Å². The van der Waals surface area contributed by atoms with Gasteiger partial charge in [0, 0.05) is 22.5 Å². The number of nitro groups is 1.